The first-order valence-corrected chi connectivity index (χ1v) is 10.3. The maximum atomic E-state index is 13.2. The molecule has 1 aliphatic heterocycles. The summed E-state index contributed by atoms with van der Waals surface area (Å²) in [5, 5.41) is 7.02. The Bertz CT molecular complexity index is 1260. The highest BCUT2D eigenvalue weighted by Crippen LogP contribution is 2.33. The SMILES string of the molecule is O=C(Nc1ccccc1)N(Cc1ccc2c(c1)OCO2)Cc1cc(-c2ccc(F)cc2)on1. The first kappa shape index (κ1) is 20.6. The molecule has 3 aromatic carbocycles. The van der Waals surface area contributed by atoms with Gasteiger partial charge >= 0.3 is 6.03 Å². The Labute approximate surface area is 189 Å². The number of ether oxygens (including phenoxy) is 2. The number of aromatic nitrogens is 1. The summed E-state index contributed by atoms with van der Waals surface area (Å²) in [5.41, 5.74) is 2.83. The summed E-state index contributed by atoms with van der Waals surface area (Å²) in [6.07, 6.45) is 0. The second-order valence-corrected chi connectivity index (χ2v) is 7.53. The molecule has 1 aliphatic rings. The molecule has 5 rings (SSSR count). The highest BCUT2D eigenvalue weighted by atomic mass is 19.1. The number of fused-ring (bicyclic) bond motifs is 1. The van der Waals surface area contributed by atoms with Gasteiger partial charge in [0, 0.05) is 23.9 Å². The van der Waals surface area contributed by atoms with Crippen LogP contribution in [0.15, 0.2) is 83.4 Å². The number of para-hydroxylation sites is 1. The van der Waals surface area contributed by atoms with E-state index in [-0.39, 0.29) is 25.2 Å². The van der Waals surface area contributed by atoms with Crippen molar-refractivity contribution in [3.8, 4) is 22.8 Å². The van der Waals surface area contributed by atoms with E-state index in [2.05, 4.69) is 10.5 Å². The molecule has 0 aliphatic carbocycles. The first-order chi connectivity index (χ1) is 16.1. The monoisotopic (exact) mass is 445 g/mol. The number of hydrogen-bond donors (Lipinski definition) is 1. The second kappa shape index (κ2) is 9.04. The molecule has 0 unspecified atom stereocenters. The molecule has 0 atom stereocenters. The van der Waals surface area contributed by atoms with Gasteiger partial charge in [-0.05, 0) is 54.1 Å². The van der Waals surface area contributed by atoms with Crippen molar-refractivity contribution < 1.29 is 23.2 Å². The van der Waals surface area contributed by atoms with Gasteiger partial charge in [-0.1, -0.05) is 29.4 Å². The highest BCUT2D eigenvalue weighted by molar-refractivity contribution is 5.89. The van der Waals surface area contributed by atoms with Crippen LogP contribution in [0.5, 0.6) is 11.5 Å². The molecule has 4 aromatic rings. The zero-order chi connectivity index (χ0) is 22.6. The summed E-state index contributed by atoms with van der Waals surface area (Å²) < 4.78 is 29.5. The summed E-state index contributed by atoms with van der Waals surface area (Å²) in [6, 6.07) is 22.2. The van der Waals surface area contributed by atoms with Crippen LogP contribution in [-0.4, -0.2) is 22.9 Å². The van der Waals surface area contributed by atoms with Crippen molar-refractivity contribution >= 4 is 11.7 Å². The number of benzene rings is 3. The number of urea groups is 1. The van der Waals surface area contributed by atoms with Crippen LogP contribution >= 0.6 is 0 Å². The highest BCUT2D eigenvalue weighted by Gasteiger charge is 2.20. The van der Waals surface area contributed by atoms with E-state index in [1.54, 1.807) is 23.1 Å². The largest absolute Gasteiger partial charge is 0.454 e. The Morgan fingerprint density at radius 2 is 1.73 bits per heavy atom. The molecule has 8 heteroatoms. The minimum atomic E-state index is -0.328. The van der Waals surface area contributed by atoms with Gasteiger partial charge in [0.05, 0.1) is 6.54 Å². The summed E-state index contributed by atoms with van der Waals surface area (Å²) >= 11 is 0. The van der Waals surface area contributed by atoms with E-state index in [4.69, 9.17) is 14.0 Å². The van der Waals surface area contributed by atoms with Crippen LogP contribution in [0, 0.1) is 5.82 Å². The molecule has 0 radical (unpaired) electrons. The van der Waals surface area contributed by atoms with E-state index in [1.165, 1.54) is 12.1 Å². The van der Waals surface area contributed by atoms with Gasteiger partial charge < -0.3 is 24.2 Å². The Morgan fingerprint density at radius 1 is 0.939 bits per heavy atom. The Morgan fingerprint density at radius 3 is 2.55 bits per heavy atom. The topological polar surface area (TPSA) is 76.8 Å². The second-order valence-electron chi connectivity index (χ2n) is 7.53. The molecular weight excluding hydrogens is 425 g/mol. The number of halogens is 1. The van der Waals surface area contributed by atoms with Crippen LogP contribution < -0.4 is 14.8 Å². The Hall–Kier alpha value is -4.33. The predicted octanol–water partition coefficient (Wildman–Crippen LogP) is 5.44. The van der Waals surface area contributed by atoms with Crippen molar-refractivity contribution in [1.29, 1.82) is 0 Å². The molecule has 0 bridgehead atoms. The van der Waals surface area contributed by atoms with E-state index < -0.39 is 0 Å². The molecule has 1 N–H and O–H groups in total. The smallest absolute Gasteiger partial charge is 0.322 e. The maximum Gasteiger partial charge on any atom is 0.322 e. The Kier molecular flexibility index (Phi) is 5.63. The van der Waals surface area contributed by atoms with E-state index in [1.807, 2.05) is 48.5 Å². The molecule has 1 aromatic heterocycles. The fraction of sp³-hybridized carbons (Fsp3) is 0.120. The standard InChI is InChI=1S/C25H20FN3O4/c26-19-9-7-18(8-10-19)23-13-21(28-33-23)15-29(25(30)27-20-4-2-1-3-5-20)14-17-6-11-22-24(12-17)32-16-31-22/h1-13H,14-16H2,(H,27,30). The lowest BCUT2D eigenvalue weighted by molar-refractivity contribution is 0.174. The summed E-state index contributed by atoms with van der Waals surface area (Å²) in [4.78, 5) is 14.8. The van der Waals surface area contributed by atoms with E-state index in [9.17, 15) is 9.18 Å². The van der Waals surface area contributed by atoms with Gasteiger partial charge in [0.25, 0.3) is 0 Å². The van der Waals surface area contributed by atoms with Crippen LogP contribution in [0.2, 0.25) is 0 Å². The quantitative estimate of drug-likeness (QED) is 0.427. The summed E-state index contributed by atoms with van der Waals surface area (Å²) in [7, 11) is 0. The lowest BCUT2D eigenvalue weighted by Gasteiger charge is -2.22. The number of nitrogens with one attached hydrogen (secondary N) is 1. The van der Waals surface area contributed by atoms with Gasteiger partial charge in [-0.25, -0.2) is 9.18 Å². The number of anilines is 1. The zero-order valence-corrected chi connectivity index (χ0v) is 17.5. The van der Waals surface area contributed by atoms with Crippen molar-refractivity contribution in [2.24, 2.45) is 0 Å². The number of carbonyl (C=O) groups excluding carboxylic acids is 1. The van der Waals surface area contributed by atoms with E-state index in [0.29, 0.717) is 40.7 Å². The number of amides is 2. The van der Waals surface area contributed by atoms with Gasteiger partial charge in [0.2, 0.25) is 6.79 Å². The number of carbonyl (C=O) groups is 1. The minimum Gasteiger partial charge on any atom is -0.454 e. The average Bonchev–Trinajstić information content (AvgIpc) is 3.49. The van der Waals surface area contributed by atoms with Crippen molar-refractivity contribution in [1.82, 2.24) is 10.1 Å². The van der Waals surface area contributed by atoms with Crippen LogP contribution in [0.25, 0.3) is 11.3 Å². The van der Waals surface area contributed by atoms with Crippen LogP contribution in [0.3, 0.4) is 0 Å². The molecule has 7 nitrogen and oxygen atoms in total. The third-order valence-electron chi connectivity index (χ3n) is 5.16. The molecule has 0 fully saturated rings. The molecule has 33 heavy (non-hydrogen) atoms. The Balaban J connectivity index is 1.37. The normalized spacial score (nSPS) is 11.9. The zero-order valence-electron chi connectivity index (χ0n) is 17.5. The van der Waals surface area contributed by atoms with Crippen molar-refractivity contribution in [2.45, 2.75) is 13.1 Å². The van der Waals surface area contributed by atoms with Gasteiger partial charge in [0.15, 0.2) is 17.3 Å². The van der Waals surface area contributed by atoms with Gasteiger partial charge in [-0.15, -0.1) is 0 Å². The van der Waals surface area contributed by atoms with Crippen molar-refractivity contribution in [3.05, 3.63) is 95.9 Å². The van der Waals surface area contributed by atoms with Gasteiger partial charge in [-0.2, -0.15) is 0 Å². The predicted molar refractivity (Wildman–Crippen MR) is 119 cm³/mol. The number of hydrogen-bond acceptors (Lipinski definition) is 5. The molecule has 166 valence electrons. The lowest BCUT2D eigenvalue weighted by atomic mass is 10.1. The average molecular weight is 445 g/mol. The molecule has 2 amide bonds. The van der Waals surface area contributed by atoms with Crippen LogP contribution in [-0.2, 0) is 13.1 Å². The fourth-order valence-corrected chi connectivity index (χ4v) is 3.52. The molecular formula is C25H20FN3O4. The third-order valence-corrected chi connectivity index (χ3v) is 5.16. The van der Waals surface area contributed by atoms with Crippen LogP contribution in [0.4, 0.5) is 14.9 Å². The van der Waals surface area contributed by atoms with Crippen molar-refractivity contribution in [3.63, 3.8) is 0 Å². The first-order valence-electron chi connectivity index (χ1n) is 10.3. The molecule has 0 spiro atoms. The summed E-state index contributed by atoms with van der Waals surface area (Å²) in [5.74, 6) is 1.50. The number of rotatable bonds is 6. The van der Waals surface area contributed by atoms with Crippen LogP contribution in [0.1, 0.15) is 11.3 Å². The van der Waals surface area contributed by atoms with Crippen molar-refractivity contribution in [2.75, 3.05) is 12.1 Å². The lowest BCUT2D eigenvalue weighted by Crippen LogP contribution is -2.34. The minimum absolute atomic E-state index is 0.183. The molecule has 2 heterocycles. The van der Waals surface area contributed by atoms with E-state index in [0.717, 1.165) is 5.56 Å². The molecule has 0 saturated heterocycles. The fourth-order valence-electron chi connectivity index (χ4n) is 3.52. The van der Waals surface area contributed by atoms with Gasteiger partial charge in [-0.3, -0.25) is 0 Å². The molecule has 0 saturated carbocycles. The third kappa shape index (κ3) is 4.79. The number of nitrogens with zero attached hydrogens (tertiary/aromatic N) is 2. The maximum absolute atomic E-state index is 13.2. The van der Waals surface area contributed by atoms with E-state index >= 15 is 0 Å². The van der Waals surface area contributed by atoms with Gasteiger partial charge in [0.1, 0.15) is 11.5 Å². The summed E-state index contributed by atoms with van der Waals surface area (Å²) in [6.45, 7) is 0.702.